The summed E-state index contributed by atoms with van der Waals surface area (Å²) in [5.41, 5.74) is -0.760. The van der Waals surface area contributed by atoms with Crippen LogP contribution in [0.4, 0.5) is 4.79 Å². The highest BCUT2D eigenvalue weighted by Crippen LogP contribution is 2.65. The summed E-state index contributed by atoms with van der Waals surface area (Å²) in [4.78, 5) is 70.6. The van der Waals surface area contributed by atoms with Gasteiger partial charge in [-0.3, -0.25) is 19.2 Å². The summed E-state index contributed by atoms with van der Waals surface area (Å²) in [6, 6.07) is 4.15. The number of likely N-dealkylation sites (tertiary alicyclic amines) is 1. The average Bonchev–Trinajstić information content (AvgIpc) is 3.43. The molecule has 3 aliphatic carbocycles. The SMILES string of the molecule is C=CCNC(=O)C(=O)C(CC1CCC1)NC(=O)[C@@H]1[C@@H]2[C@H](CN1C(=O)[C@@H](NC(=O)NC[C@@H](N(C)S(=O)(=O)c1ccccc1)C(C)(C)C)C1CCCCC1)C2(C)C. The molecule has 13 nitrogen and oxygen atoms in total. The van der Waals surface area contributed by atoms with Crippen LogP contribution in [0.15, 0.2) is 47.9 Å². The third-order valence-electron chi connectivity index (χ3n) is 12.8. The Morgan fingerprint density at radius 2 is 1.62 bits per heavy atom. The van der Waals surface area contributed by atoms with Crippen LogP contribution in [0.1, 0.15) is 92.4 Å². The summed E-state index contributed by atoms with van der Waals surface area (Å²) in [7, 11) is -2.36. The Morgan fingerprint density at radius 1 is 0.964 bits per heavy atom. The summed E-state index contributed by atoms with van der Waals surface area (Å²) in [5, 5.41) is 11.3. The van der Waals surface area contributed by atoms with Gasteiger partial charge in [0.25, 0.3) is 5.91 Å². The fraction of sp³-hybridized carbons (Fsp3) is 0.683. The first-order valence-electron chi connectivity index (χ1n) is 20.0. The molecule has 1 aromatic carbocycles. The number of likely N-dealkylation sites (N-methyl/N-ethyl adjacent to an activating group) is 1. The van der Waals surface area contributed by atoms with Crippen LogP contribution in [-0.2, 0) is 29.2 Å². The molecule has 6 atom stereocenters. The van der Waals surface area contributed by atoms with Crippen molar-refractivity contribution in [1.29, 1.82) is 0 Å². The number of carbonyl (C=O) groups is 5. The van der Waals surface area contributed by atoms with Crippen molar-refractivity contribution < 1.29 is 32.4 Å². The van der Waals surface area contributed by atoms with Crippen LogP contribution in [0.25, 0.3) is 0 Å². The number of fused-ring (bicyclic) bond motifs is 1. The van der Waals surface area contributed by atoms with Crippen LogP contribution in [0.2, 0.25) is 0 Å². The van der Waals surface area contributed by atoms with Gasteiger partial charge in [0, 0.05) is 32.7 Å². The van der Waals surface area contributed by atoms with Gasteiger partial charge >= 0.3 is 6.03 Å². The molecule has 55 heavy (non-hydrogen) atoms. The molecule has 1 unspecified atom stereocenters. The predicted molar refractivity (Wildman–Crippen MR) is 210 cm³/mol. The first-order valence-corrected chi connectivity index (χ1v) is 21.4. The Morgan fingerprint density at radius 3 is 2.20 bits per heavy atom. The zero-order valence-corrected chi connectivity index (χ0v) is 34.3. The van der Waals surface area contributed by atoms with Gasteiger partial charge in [0.15, 0.2) is 0 Å². The first kappa shape index (κ1) is 42.4. The largest absolute Gasteiger partial charge is 0.346 e. The van der Waals surface area contributed by atoms with Crippen molar-refractivity contribution >= 4 is 39.6 Å². The molecule has 4 N–H and O–H groups in total. The Kier molecular flexibility index (Phi) is 13.2. The molecule has 1 aromatic rings. The second kappa shape index (κ2) is 17.2. The van der Waals surface area contributed by atoms with E-state index in [-0.39, 0.29) is 53.0 Å². The van der Waals surface area contributed by atoms with Crippen molar-refractivity contribution in [2.24, 2.45) is 34.5 Å². The second-order valence-corrected chi connectivity index (χ2v) is 19.8. The Hall–Kier alpha value is -3.78. The average molecular weight is 783 g/mol. The van der Waals surface area contributed by atoms with E-state index < -0.39 is 63.2 Å². The van der Waals surface area contributed by atoms with Crippen LogP contribution < -0.4 is 21.3 Å². The van der Waals surface area contributed by atoms with E-state index in [1.807, 2.05) is 20.8 Å². The minimum absolute atomic E-state index is 0.00660. The minimum atomic E-state index is -3.87. The molecule has 3 saturated carbocycles. The van der Waals surface area contributed by atoms with Gasteiger partial charge in [-0.25, -0.2) is 13.2 Å². The lowest BCUT2D eigenvalue weighted by molar-refractivity contribution is -0.145. The molecule has 1 saturated heterocycles. The molecule has 1 aliphatic heterocycles. The Labute approximate surface area is 327 Å². The summed E-state index contributed by atoms with van der Waals surface area (Å²) < 4.78 is 28.4. The summed E-state index contributed by atoms with van der Waals surface area (Å²) >= 11 is 0. The molecule has 5 rings (SSSR count). The topological polar surface area (TPSA) is 174 Å². The van der Waals surface area contributed by atoms with Gasteiger partial charge in [-0.05, 0) is 65.9 Å². The van der Waals surface area contributed by atoms with E-state index in [1.54, 1.807) is 23.1 Å². The third-order valence-corrected chi connectivity index (χ3v) is 14.7. The van der Waals surface area contributed by atoms with Gasteiger partial charge in [-0.15, -0.1) is 6.58 Å². The van der Waals surface area contributed by atoms with Crippen molar-refractivity contribution in [2.75, 3.05) is 26.7 Å². The van der Waals surface area contributed by atoms with E-state index in [1.165, 1.54) is 29.6 Å². The van der Waals surface area contributed by atoms with E-state index >= 15 is 0 Å². The predicted octanol–water partition coefficient (Wildman–Crippen LogP) is 4.00. The van der Waals surface area contributed by atoms with Crippen LogP contribution in [0, 0.1) is 34.5 Å². The molecule has 14 heteroatoms. The number of nitrogens with one attached hydrogen (secondary N) is 4. The number of amides is 5. The Bertz CT molecular complexity index is 1700. The van der Waals surface area contributed by atoms with E-state index in [9.17, 15) is 32.4 Å². The number of ketones is 1. The highest BCUT2D eigenvalue weighted by molar-refractivity contribution is 7.89. The van der Waals surface area contributed by atoms with Crippen LogP contribution in [0.5, 0.6) is 0 Å². The maximum atomic E-state index is 14.7. The van der Waals surface area contributed by atoms with Gasteiger partial charge in [-0.2, -0.15) is 4.31 Å². The molecule has 304 valence electrons. The van der Waals surface area contributed by atoms with E-state index in [0.29, 0.717) is 13.0 Å². The number of Topliss-reactive ketones (excluding diaryl/α,β-unsaturated/α-hetero) is 1. The number of rotatable bonds is 16. The smallest absolute Gasteiger partial charge is 0.315 e. The van der Waals surface area contributed by atoms with Crippen molar-refractivity contribution in [2.45, 2.75) is 121 Å². The summed E-state index contributed by atoms with van der Waals surface area (Å²) in [6.45, 7) is 13.9. The molecule has 4 aliphatic rings. The lowest BCUT2D eigenvalue weighted by Crippen LogP contribution is -2.61. The standard InChI is InChI=1S/C41H62N6O7S/c1-8-22-42-37(50)35(48)30(23-26-16-15-17-26)44-36(49)34-32-29(41(32,5)6)25-47(34)38(51)33(27-18-11-9-12-19-27)45-39(52)43-24-31(40(2,3)4)46(7)55(53,54)28-20-13-10-14-21-28/h8,10,13-14,20-21,26-27,29-34H,1,9,11-12,15-19,22-25H2,2-7H3,(H,42,50)(H,44,49)(H2,43,45,52)/t29-,30?,31+,32-,33-,34-/m0/s1. The lowest BCUT2D eigenvalue weighted by Gasteiger charge is -2.38. The summed E-state index contributed by atoms with van der Waals surface area (Å²) in [5.74, 6) is -2.28. The molecule has 1 heterocycles. The van der Waals surface area contributed by atoms with Gasteiger partial charge < -0.3 is 26.2 Å². The molecule has 0 aromatic heterocycles. The number of sulfonamides is 1. The van der Waals surface area contributed by atoms with E-state index in [4.69, 9.17) is 0 Å². The zero-order valence-electron chi connectivity index (χ0n) is 33.4. The van der Waals surface area contributed by atoms with Gasteiger partial charge in [0.2, 0.25) is 27.6 Å². The molecule has 5 amide bonds. The number of hydrogen-bond acceptors (Lipinski definition) is 7. The second-order valence-electron chi connectivity index (χ2n) is 17.8. The highest BCUT2D eigenvalue weighted by Gasteiger charge is 2.69. The Balaban J connectivity index is 1.34. The number of carbonyl (C=O) groups excluding carboxylic acids is 5. The number of piperidine rings is 1. The molecule has 0 spiro atoms. The molecular formula is C41H62N6O7S. The van der Waals surface area contributed by atoms with E-state index in [2.05, 4.69) is 41.7 Å². The summed E-state index contributed by atoms with van der Waals surface area (Å²) in [6.07, 6.45) is 9.04. The van der Waals surface area contributed by atoms with Crippen molar-refractivity contribution in [3.05, 3.63) is 43.0 Å². The van der Waals surface area contributed by atoms with Gasteiger partial charge in [-0.1, -0.05) is 97.4 Å². The van der Waals surface area contributed by atoms with Crippen molar-refractivity contribution in [3.8, 4) is 0 Å². The van der Waals surface area contributed by atoms with Gasteiger partial charge in [0.05, 0.1) is 10.9 Å². The van der Waals surface area contributed by atoms with Crippen LogP contribution in [-0.4, -0.2) is 98.0 Å². The number of hydrogen-bond donors (Lipinski definition) is 4. The third kappa shape index (κ3) is 9.44. The quantitative estimate of drug-likeness (QED) is 0.145. The number of nitrogens with zero attached hydrogens (tertiary/aromatic N) is 2. The van der Waals surface area contributed by atoms with Gasteiger partial charge in [0.1, 0.15) is 12.1 Å². The number of benzene rings is 1. The lowest BCUT2D eigenvalue weighted by atomic mass is 9.80. The van der Waals surface area contributed by atoms with E-state index in [0.717, 1.165) is 51.4 Å². The maximum Gasteiger partial charge on any atom is 0.315 e. The highest BCUT2D eigenvalue weighted by atomic mass is 32.2. The fourth-order valence-corrected chi connectivity index (χ4v) is 10.6. The normalized spacial score (nSPS) is 24.1. The monoisotopic (exact) mass is 782 g/mol. The van der Waals surface area contributed by atoms with Crippen LogP contribution >= 0.6 is 0 Å². The molecule has 0 bridgehead atoms. The van der Waals surface area contributed by atoms with Crippen molar-refractivity contribution in [1.82, 2.24) is 30.5 Å². The molecular weight excluding hydrogens is 721 g/mol. The molecule has 4 fully saturated rings. The fourth-order valence-electron chi connectivity index (χ4n) is 9.09. The minimum Gasteiger partial charge on any atom is -0.346 e. The maximum absolute atomic E-state index is 14.7. The van der Waals surface area contributed by atoms with Crippen LogP contribution in [0.3, 0.4) is 0 Å². The van der Waals surface area contributed by atoms with Crippen molar-refractivity contribution in [3.63, 3.8) is 0 Å². The first-order chi connectivity index (χ1) is 25.9. The molecule has 0 radical (unpaired) electrons. The zero-order chi connectivity index (χ0) is 40.3. The number of urea groups is 1.